The van der Waals surface area contributed by atoms with Crippen LogP contribution in [0, 0.1) is 11.3 Å². The highest BCUT2D eigenvalue weighted by Crippen LogP contribution is 2.19. The minimum atomic E-state index is -0.666. The summed E-state index contributed by atoms with van der Waals surface area (Å²) in [7, 11) is 0. The second-order valence-corrected chi connectivity index (χ2v) is 5.82. The Labute approximate surface area is 138 Å². The number of hydrogen-bond donors (Lipinski definition) is 1. The van der Waals surface area contributed by atoms with E-state index in [0.717, 1.165) is 11.3 Å². The number of benzene rings is 1. The molecule has 116 valence electrons. The Bertz CT molecular complexity index is 788. The third-order valence-corrected chi connectivity index (χ3v) is 3.96. The van der Waals surface area contributed by atoms with Crippen LogP contribution in [0.3, 0.4) is 0 Å². The van der Waals surface area contributed by atoms with Crippen LogP contribution in [0.2, 0.25) is 0 Å². The van der Waals surface area contributed by atoms with Gasteiger partial charge in [0.25, 0.3) is 0 Å². The van der Waals surface area contributed by atoms with Crippen LogP contribution in [0.15, 0.2) is 53.4 Å². The predicted octanol–water partition coefficient (Wildman–Crippen LogP) is 2.92. The van der Waals surface area contributed by atoms with Gasteiger partial charge in [0, 0.05) is 17.1 Å². The summed E-state index contributed by atoms with van der Waals surface area (Å²) in [6.07, 6.45) is 1.18. The molecule has 5 nitrogen and oxygen atoms in total. The zero-order chi connectivity index (χ0) is 16.1. The summed E-state index contributed by atoms with van der Waals surface area (Å²) >= 11 is 1.63. The molecule has 3 rings (SSSR count). The van der Waals surface area contributed by atoms with Crippen LogP contribution in [0.4, 0.5) is 0 Å². The lowest BCUT2D eigenvalue weighted by Gasteiger charge is -2.12. The maximum absolute atomic E-state index is 10.1. The molecule has 1 N–H and O–H groups in total. The summed E-state index contributed by atoms with van der Waals surface area (Å²) in [4.78, 5) is 0. The lowest BCUT2D eigenvalue weighted by Crippen LogP contribution is -2.23. The van der Waals surface area contributed by atoms with E-state index < -0.39 is 6.10 Å². The lowest BCUT2D eigenvalue weighted by atomic mass is 10.2. The van der Waals surface area contributed by atoms with Crippen LogP contribution < -0.4 is 4.74 Å². The van der Waals surface area contributed by atoms with Crippen LogP contribution in [0.25, 0.3) is 11.3 Å². The molecule has 1 atom stereocenters. The molecule has 23 heavy (non-hydrogen) atoms. The smallest absolute Gasteiger partial charge is 0.119 e. The Morgan fingerprint density at radius 2 is 2.09 bits per heavy atom. The molecule has 0 aliphatic heterocycles. The fraction of sp³-hybridized carbons (Fsp3) is 0.176. The van der Waals surface area contributed by atoms with Crippen molar-refractivity contribution in [3.05, 3.63) is 58.9 Å². The van der Waals surface area contributed by atoms with Gasteiger partial charge in [0.2, 0.25) is 0 Å². The third-order valence-electron chi connectivity index (χ3n) is 3.28. The average Bonchev–Trinajstić information content (AvgIpc) is 3.24. The van der Waals surface area contributed by atoms with Gasteiger partial charge in [-0.3, -0.25) is 4.68 Å². The molecule has 2 heterocycles. The lowest BCUT2D eigenvalue weighted by molar-refractivity contribution is 0.0894. The van der Waals surface area contributed by atoms with E-state index in [1.165, 1.54) is 0 Å². The summed E-state index contributed by atoms with van der Waals surface area (Å²) in [5, 5.41) is 27.3. The average molecular weight is 325 g/mol. The molecule has 0 saturated carbocycles. The summed E-state index contributed by atoms with van der Waals surface area (Å²) in [5.74, 6) is 0.627. The molecule has 0 fully saturated rings. The largest absolute Gasteiger partial charge is 0.491 e. The van der Waals surface area contributed by atoms with Crippen molar-refractivity contribution in [1.82, 2.24) is 9.78 Å². The monoisotopic (exact) mass is 325 g/mol. The highest BCUT2D eigenvalue weighted by Gasteiger charge is 2.09. The number of nitrogens with zero attached hydrogens (tertiary/aromatic N) is 3. The molecule has 0 bridgehead atoms. The standard InChI is InChI=1S/C17H15N3O2S/c18-9-13-1-3-16(4-2-13)22-11-15(21)10-20-7-5-17(19-20)14-6-8-23-12-14/h1-8,12,15,21H,10-11H2/t15-/m1/s1. The number of aliphatic hydroxyl groups is 1. The van der Waals surface area contributed by atoms with Crippen LogP contribution in [0.1, 0.15) is 5.56 Å². The molecule has 1 aromatic carbocycles. The second kappa shape index (κ2) is 7.09. The minimum Gasteiger partial charge on any atom is -0.491 e. The zero-order valence-corrected chi connectivity index (χ0v) is 13.1. The number of hydrogen-bond acceptors (Lipinski definition) is 5. The van der Waals surface area contributed by atoms with Crippen LogP contribution >= 0.6 is 11.3 Å². The van der Waals surface area contributed by atoms with E-state index in [2.05, 4.69) is 5.10 Å². The fourth-order valence-electron chi connectivity index (χ4n) is 2.11. The predicted molar refractivity (Wildman–Crippen MR) is 88.2 cm³/mol. The fourth-order valence-corrected chi connectivity index (χ4v) is 2.76. The van der Waals surface area contributed by atoms with Gasteiger partial charge < -0.3 is 9.84 Å². The second-order valence-electron chi connectivity index (χ2n) is 5.04. The van der Waals surface area contributed by atoms with Gasteiger partial charge in [-0.1, -0.05) is 0 Å². The van der Waals surface area contributed by atoms with Crippen molar-refractivity contribution in [2.24, 2.45) is 0 Å². The van der Waals surface area contributed by atoms with Crippen molar-refractivity contribution < 1.29 is 9.84 Å². The molecule has 0 aliphatic carbocycles. The first-order chi connectivity index (χ1) is 11.2. The Morgan fingerprint density at radius 1 is 1.26 bits per heavy atom. The number of thiophene rings is 1. The minimum absolute atomic E-state index is 0.166. The molecule has 0 unspecified atom stereocenters. The number of nitriles is 1. The highest BCUT2D eigenvalue weighted by molar-refractivity contribution is 7.08. The van der Waals surface area contributed by atoms with Gasteiger partial charge in [-0.2, -0.15) is 21.7 Å². The number of aliphatic hydroxyl groups excluding tert-OH is 1. The molecule has 0 radical (unpaired) electrons. The summed E-state index contributed by atoms with van der Waals surface area (Å²) in [6.45, 7) is 0.528. The Morgan fingerprint density at radius 3 is 2.78 bits per heavy atom. The van der Waals surface area contributed by atoms with Gasteiger partial charge in [0.05, 0.1) is 23.9 Å². The van der Waals surface area contributed by atoms with E-state index in [0.29, 0.717) is 17.9 Å². The van der Waals surface area contributed by atoms with Crippen LogP contribution in [-0.4, -0.2) is 27.6 Å². The van der Waals surface area contributed by atoms with Crippen LogP contribution in [0.5, 0.6) is 5.75 Å². The van der Waals surface area contributed by atoms with Gasteiger partial charge in [-0.15, -0.1) is 0 Å². The third kappa shape index (κ3) is 3.97. The first-order valence-electron chi connectivity index (χ1n) is 7.11. The summed E-state index contributed by atoms with van der Waals surface area (Å²) in [6, 6.07) is 12.8. The van der Waals surface area contributed by atoms with E-state index in [4.69, 9.17) is 10.00 Å². The Kier molecular flexibility index (Phi) is 4.71. The molecule has 6 heteroatoms. The molecule has 0 spiro atoms. The maximum atomic E-state index is 10.1. The summed E-state index contributed by atoms with van der Waals surface area (Å²) in [5.41, 5.74) is 2.55. The van der Waals surface area contributed by atoms with E-state index >= 15 is 0 Å². The van der Waals surface area contributed by atoms with Gasteiger partial charge in [0.15, 0.2) is 0 Å². The number of rotatable bonds is 6. The van der Waals surface area contributed by atoms with Gasteiger partial charge in [-0.25, -0.2) is 0 Å². The molecule has 3 aromatic rings. The van der Waals surface area contributed by atoms with Crippen LogP contribution in [-0.2, 0) is 6.54 Å². The van der Waals surface area contributed by atoms with Gasteiger partial charge in [-0.05, 0) is 41.8 Å². The SMILES string of the molecule is N#Cc1ccc(OC[C@H](O)Cn2ccc(-c3ccsc3)n2)cc1. The van der Waals surface area contributed by atoms with E-state index in [9.17, 15) is 5.11 Å². The first-order valence-corrected chi connectivity index (χ1v) is 8.06. The normalized spacial score (nSPS) is 11.8. The van der Waals surface area contributed by atoms with E-state index in [-0.39, 0.29) is 6.61 Å². The zero-order valence-electron chi connectivity index (χ0n) is 12.3. The molecular formula is C17H15N3O2S. The topological polar surface area (TPSA) is 71.1 Å². The van der Waals surface area contributed by atoms with Gasteiger partial charge in [0.1, 0.15) is 18.5 Å². The Hall–Kier alpha value is -2.62. The van der Waals surface area contributed by atoms with Crippen molar-refractivity contribution in [3.63, 3.8) is 0 Å². The van der Waals surface area contributed by atoms with Crippen molar-refractivity contribution in [2.75, 3.05) is 6.61 Å². The highest BCUT2D eigenvalue weighted by atomic mass is 32.1. The van der Waals surface area contributed by atoms with E-state index in [1.807, 2.05) is 35.2 Å². The summed E-state index contributed by atoms with van der Waals surface area (Å²) < 4.78 is 7.23. The molecular weight excluding hydrogens is 310 g/mol. The van der Waals surface area contributed by atoms with Crippen molar-refractivity contribution in [1.29, 1.82) is 5.26 Å². The first kappa shape index (κ1) is 15.3. The van der Waals surface area contributed by atoms with Crippen molar-refractivity contribution >= 4 is 11.3 Å². The molecule has 0 amide bonds. The van der Waals surface area contributed by atoms with E-state index in [1.54, 1.807) is 40.3 Å². The van der Waals surface area contributed by atoms with Crippen molar-refractivity contribution in [2.45, 2.75) is 12.6 Å². The Balaban J connectivity index is 1.53. The van der Waals surface area contributed by atoms with Crippen molar-refractivity contribution in [3.8, 4) is 23.1 Å². The molecule has 2 aromatic heterocycles. The number of aromatic nitrogens is 2. The molecule has 0 aliphatic rings. The molecule has 0 saturated heterocycles. The number of ether oxygens (including phenoxy) is 1. The quantitative estimate of drug-likeness (QED) is 0.756. The maximum Gasteiger partial charge on any atom is 0.119 e. The van der Waals surface area contributed by atoms with Gasteiger partial charge >= 0.3 is 0 Å².